The van der Waals surface area contributed by atoms with Gasteiger partial charge in [0.15, 0.2) is 0 Å². The Labute approximate surface area is 158 Å². The fraction of sp³-hybridized carbons (Fsp3) is 0.450. The summed E-state index contributed by atoms with van der Waals surface area (Å²) in [7, 11) is 0. The van der Waals surface area contributed by atoms with Crippen LogP contribution in [0.3, 0.4) is 0 Å². The SMILES string of the molecule is CC(=O)N1CCC[C@@]1(Cc1cc(-c2ccccc2)no1)C(=O)N[C@H](C)CO. The third-order valence-electron chi connectivity index (χ3n) is 5.04. The minimum Gasteiger partial charge on any atom is -0.394 e. The van der Waals surface area contributed by atoms with Gasteiger partial charge in [-0.3, -0.25) is 9.59 Å². The van der Waals surface area contributed by atoms with E-state index in [4.69, 9.17) is 4.52 Å². The smallest absolute Gasteiger partial charge is 0.246 e. The van der Waals surface area contributed by atoms with Crippen molar-refractivity contribution in [2.75, 3.05) is 13.2 Å². The zero-order chi connectivity index (χ0) is 19.4. The highest BCUT2D eigenvalue weighted by molar-refractivity contribution is 5.92. The summed E-state index contributed by atoms with van der Waals surface area (Å²) in [6.07, 6.45) is 1.52. The summed E-state index contributed by atoms with van der Waals surface area (Å²) in [4.78, 5) is 26.9. The van der Waals surface area contributed by atoms with Crippen molar-refractivity contribution in [3.05, 3.63) is 42.2 Å². The van der Waals surface area contributed by atoms with Crippen molar-refractivity contribution in [1.29, 1.82) is 0 Å². The lowest BCUT2D eigenvalue weighted by Crippen LogP contribution is -2.59. The molecule has 27 heavy (non-hydrogen) atoms. The number of nitrogens with zero attached hydrogens (tertiary/aromatic N) is 2. The molecule has 0 bridgehead atoms. The molecule has 2 atom stereocenters. The van der Waals surface area contributed by atoms with Crippen LogP contribution in [0.25, 0.3) is 11.3 Å². The average Bonchev–Trinajstić information content (AvgIpc) is 3.30. The first-order valence-electron chi connectivity index (χ1n) is 9.17. The number of aliphatic hydroxyl groups excluding tert-OH is 1. The van der Waals surface area contributed by atoms with Crippen LogP contribution in [0.4, 0.5) is 0 Å². The van der Waals surface area contributed by atoms with E-state index in [2.05, 4.69) is 10.5 Å². The third kappa shape index (κ3) is 3.88. The number of amides is 2. The van der Waals surface area contributed by atoms with Gasteiger partial charge in [-0.25, -0.2) is 0 Å². The normalized spacial score (nSPS) is 20.5. The minimum atomic E-state index is -1.03. The van der Waals surface area contributed by atoms with Gasteiger partial charge in [0.2, 0.25) is 11.8 Å². The molecule has 2 heterocycles. The highest BCUT2D eigenvalue weighted by atomic mass is 16.5. The van der Waals surface area contributed by atoms with Gasteiger partial charge in [-0.05, 0) is 19.8 Å². The van der Waals surface area contributed by atoms with E-state index in [-0.39, 0.29) is 24.8 Å². The maximum absolute atomic E-state index is 13.1. The number of benzene rings is 1. The largest absolute Gasteiger partial charge is 0.394 e. The molecule has 1 saturated heterocycles. The number of carbonyl (C=O) groups is 2. The lowest BCUT2D eigenvalue weighted by atomic mass is 9.88. The van der Waals surface area contributed by atoms with Crippen LogP contribution in [0.1, 0.15) is 32.4 Å². The van der Waals surface area contributed by atoms with Crippen molar-refractivity contribution in [3.8, 4) is 11.3 Å². The number of nitrogens with one attached hydrogen (secondary N) is 1. The van der Waals surface area contributed by atoms with Crippen LogP contribution >= 0.6 is 0 Å². The van der Waals surface area contributed by atoms with E-state index in [9.17, 15) is 14.7 Å². The van der Waals surface area contributed by atoms with Crippen LogP contribution in [0.15, 0.2) is 40.9 Å². The Balaban J connectivity index is 1.89. The number of hydrogen-bond acceptors (Lipinski definition) is 5. The molecule has 2 aromatic rings. The monoisotopic (exact) mass is 371 g/mol. The van der Waals surface area contributed by atoms with Gasteiger partial charge in [0.1, 0.15) is 17.0 Å². The maximum Gasteiger partial charge on any atom is 0.246 e. The highest BCUT2D eigenvalue weighted by Gasteiger charge is 2.49. The number of carbonyl (C=O) groups excluding carboxylic acids is 2. The summed E-state index contributed by atoms with van der Waals surface area (Å²) in [6.45, 7) is 3.55. The van der Waals surface area contributed by atoms with Crippen molar-refractivity contribution < 1.29 is 19.2 Å². The Morgan fingerprint density at radius 2 is 2.11 bits per heavy atom. The highest BCUT2D eigenvalue weighted by Crippen LogP contribution is 2.34. The standard InChI is InChI=1S/C20H25N3O4/c1-14(13-24)21-19(26)20(9-6-10-23(20)15(2)25)12-17-11-18(22-27-17)16-7-4-3-5-8-16/h3-5,7-8,11,14,24H,6,9-10,12-13H2,1-2H3,(H,21,26)/t14-,20-/m1/s1. The molecule has 2 amide bonds. The summed E-state index contributed by atoms with van der Waals surface area (Å²) in [6, 6.07) is 11.1. The first-order valence-corrected chi connectivity index (χ1v) is 9.17. The Kier molecular flexibility index (Phi) is 5.60. The van der Waals surface area contributed by atoms with E-state index in [1.54, 1.807) is 11.8 Å². The second-order valence-electron chi connectivity index (χ2n) is 7.08. The molecule has 0 radical (unpaired) electrons. The number of rotatable bonds is 6. The molecular weight excluding hydrogens is 346 g/mol. The van der Waals surface area contributed by atoms with Crippen LogP contribution in [0, 0.1) is 0 Å². The van der Waals surface area contributed by atoms with Gasteiger partial charge in [-0.2, -0.15) is 0 Å². The molecule has 0 unspecified atom stereocenters. The van der Waals surface area contributed by atoms with E-state index in [0.717, 1.165) is 12.0 Å². The van der Waals surface area contributed by atoms with E-state index in [0.29, 0.717) is 24.4 Å². The molecule has 0 spiro atoms. The Morgan fingerprint density at radius 3 is 2.78 bits per heavy atom. The Morgan fingerprint density at radius 1 is 1.37 bits per heavy atom. The summed E-state index contributed by atoms with van der Waals surface area (Å²) >= 11 is 0. The summed E-state index contributed by atoms with van der Waals surface area (Å²) in [5.41, 5.74) is 0.593. The fourth-order valence-electron chi connectivity index (χ4n) is 3.67. The second-order valence-corrected chi connectivity index (χ2v) is 7.08. The first-order chi connectivity index (χ1) is 13.0. The number of likely N-dealkylation sites (tertiary alicyclic amines) is 1. The molecule has 7 heteroatoms. The lowest BCUT2D eigenvalue weighted by molar-refractivity contribution is -0.144. The van der Waals surface area contributed by atoms with Gasteiger partial charge in [-0.15, -0.1) is 0 Å². The molecule has 1 aliphatic heterocycles. The number of aromatic nitrogens is 1. The van der Waals surface area contributed by atoms with Crippen molar-refractivity contribution >= 4 is 11.8 Å². The van der Waals surface area contributed by atoms with Crippen LogP contribution < -0.4 is 5.32 Å². The zero-order valence-corrected chi connectivity index (χ0v) is 15.6. The summed E-state index contributed by atoms with van der Waals surface area (Å²) in [5.74, 6) is 0.130. The van der Waals surface area contributed by atoms with Crippen molar-refractivity contribution in [2.24, 2.45) is 0 Å². The quantitative estimate of drug-likeness (QED) is 0.807. The summed E-state index contributed by atoms with van der Waals surface area (Å²) in [5, 5.41) is 16.2. The minimum absolute atomic E-state index is 0.151. The van der Waals surface area contributed by atoms with Gasteiger partial charge in [0.05, 0.1) is 6.61 Å². The van der Waals surface area contributed by atoms with Crippen LogP contribution in [0.2, 0.25) is 0 Å². The van der Waals surface area contributed by atoms with E-state index >= 15 is 0 Å². The Hall–Kier alpha value is -2.67. The van der Waals surface area contributed by atoms with Gasteiger partial charge >= 0.3 is 0 Å². The summed E-state index contributed by atoms with van der Waals surface area (Å²) < 4.78 is 5.50. The van der Waals surface area contributed by atoms with Gasteiger partial charge < -0.3 is 19.8 Å². The number of aliphatic hydroxyl groups is 1. The maximum atomic E-state index is 13.1. The van der Waals surface area contributed by atoms with Crippen LogP contribution in [-0.2, 0) is 16.0 Å². The molecule has 1 aliphatic rings. The van der Waals surface area contributed by atoms with E-state index < -0.39 is 11.6 Å². The third-order valence-corrected chi connectivity index (χ3v) is 5.04. The van der Waals surface area contributed by atoms with Crippen molar-refractivity contribution in [1.82, 2.24) is 15.4 Å². The molecule has 1 aromatic heterocycles. The fourth-order valence-corrected chi connectivity index (χ4v) is 3.67. The van der Waals surface area contributed by atoms with Gasteiger partial charge in [0, 0.05) is 37.6 Å². The van der Waals surface area contributed by atoms with Gasteiger partial charge in [-0.1, -0.05) is 35.5 Å². The molecule has 1 fully saturated rings. The molecule has 0 aliphatic carbocycles. The molecule has 2 N–H and O–H groups in total. The average molecular weight is 371 g/mol. The van der Waals surface area contributed by atoms with Crippen LogP contribution in [-0.4, -0.2) is 51.7 Å². The molecule has 0 saturated carbocycles. The predicted octanol–water partition coefficient (Wildman–Crippen LogP) is 1.76. The van der Waals surface area contributed by atoms with E-state index in [1.807, 2.05) is 36.4 Å². The van der Waals surface area contributed by atoms with Crippen molar-refractivity contribution in [2.45, 2.75) is 44.7 Å². The first kappa shape index (κ1) is 19.1. The topological polar surface area (TPSA) is 95.7 Å². The van der Waals surface area contributed by atoms with Crippen molar-refractivity contribution in [3.63, 3.8) is 0 Å². The second kappa shape index (κ2) is 7.92. The molecule has 1 aromatic carbocycles. The molecular formula is C20H25N3O4. The van der Waals surface area contributed by atoms with Gasteiger partial charge in [0.25, 0.3) is 0 Å². The zero-order valence-electron chi connectivity index (χ0n) is 15.6. The number of hydrogen-bond donors (Lipinski definition) is 2. The Bertz CT molecular complexity index is 805. The molecule has 144 valence electrons. The molecule has 3 rings (SSSR count). The molecule has 7 nitrogen and oxygen atoms in total. The predicted molar refractivity (Wildman–Crippen MR) is 99.7 cm³/mol. The lowest BCUT2D eigenvalue weighted by Gasteiger charge is -2.36. The van der Waals surface area contributed by atoms with E-state index in [1.165, 1.54) is 6.92 Å². The van der Waals surface area contributed by atoms with Crippen LogP contribution in [0.5, 0.6) is 0 Å².